The molecule has 3 nitrogen and oxygen atoms in total. The SMILES string of the molecule is [C-]#[N+]c1c(-n2c3cc(-c4ccccc4)ccc3c3ccc(-c4ccccc4)cc32)ccc(-c2c(F)cccc2F)c1-n1c2cc(-c3ccccc3)ccc2c2ccc(-c3ccccc3)cc21. The second kappa shape index (κ2) is 15.7. The molecule has 12 aromatic rings. The summed E-state index contributed by atoms with van der Waals surface area (Å²) in [5.41, 5.74) is 12.9. The third-order valence-electron chi connectivity index (χ3n) is 12.9. The number of benzene rings is 10. The highest BCUT2D eigenvalue weighted by Crippen LogP contribution is 2.48. The summed E-state index contributed by atoms with van der Waals surface area (Å²) in [4.78, 5) is 4.44. The van der Waals surface area contributed by atoms with Crippen molar-refractivity contribution in [2.24, 2.45) is 0 Å². The summed E-state index contributed by atoms with van der Waals surface area (Å²) in [6.07, 6.45) is 0. The number of aromatic nitrogens is 2. The first-order valence-corrected chi connectivity index (χ1v) is 21.9. The molecule has 0 aliphatic carbocycles. The summed E-state index contributed by atoms with van der Waals surface area (Å²) in [5, 5.41) is 3.93. The van der Waals surface area contributed by atoms with Gasteiger partial charge in [0.1, 0.15) is 11.6 Å². The second-order valence-corrected chi connectivity index (χ2v) is 16.6. The summed E-state index contributed by atoms with van der Waals surface area (Å²) in [6.45, 7) is 9.25. The van der Waals surface area contributed by atoms with E-state index in [1.807, 2.05) is 78.9 Å². The molecule has 0 saturated heterocycles. The van der Waals surface area contributed by atoms with Crippen LogP contribution in [0.4, 0.5) is 14.5 Å². The van der Waals surface area contributed by atoms with Gasteiger partial charge in [-0.3, -0.25) is 0 Å². The van der Waals surface area contributed by atoms with Gasteiger partial charge in [-0.25, -0.2) is 13.6 Å². The molecule has 0 spiro atoms. The van der Waals surface area contributed by atoms with Gasteiger partial charge in [-0.2, -0.15) is 0 Å². The van der Waals surface area contributed by atoms with Crippen LogP contribution in [0.25, 0.3) is 115 Å². The summed E-state index contributed by atoms with van der Waals surface area (Å²) < 4.78 is 37.2. The summed E-state index contributed by atoms with van der Waals surface area (Å²) in [6, 6.07) is 74.1. The molecular weight excluding hydrogens is 813 g/mol. The van der Waals surface area contributed by atoms with Crippen LogP contribution in [0.5, 0.6) is 0 Å². The van der Waals surface area contributed by atoms with Crippen molar-refractivity contribution in [1.82, 2.24) is 9.13 Å². The van der Waals surface area contributed by atoms with E-state index in [9.17, 15) is 6.57 Å². The van der Waals surface area contributed by atoms with Crippen LogP contribution in [0, 0.1) is 18.2 Å². The largest absolute Gasteiger partial charge is 0.319 e. The lowest BCUT2D eigenvalue weighted by atomic mass is 9.99. The molecule has 0 saturated carbocycles. The fraction of sp³-hybridized carbons (Fsp3) is 0. The van der Waals surface area contributed by atoms with Gasteiger partial charge < -0.3 is 9.13 Å². The molecule has 0 atom stereocenters. The third-order valence-corrected chi connectivity index (χ3v) is 12.9. The van der Waals surface area contributed by atoms with Crippen LogP contribution in [-0.2, 0) is 0 Å². The average Bonchev–Trinajstić information content (AvgIpc) is 3.88. The molecule has 5 heteroatoms. The molecule has 0 N–H and O–H groups in total. The Bertz CT molecular complexity index is 3670. The quantitative estimate of drug-likeness (QED) is 0.142. The Morgan fingerprint density at radius 3 is 1.03 bits per heavy atom. The standard InChI is InChI=1S/C61H37F2N3/c1-64-60-54(65-55-35-43(39-15-6-2-7-16-39)25-29-47(55)48-30-26-44(36-56(48)65)40-17-8-3-9-18-40)34-33-51(59-52(62)23-14-24-53(59)63)61(60)66-57-37-45(41-19-10-4-11-20-41)27-31-49(57)50-32-28-46(38-58(50)66)42-21-12-5-13-22-42/h2-38H. The number of rotatable bonds is 7. The van der Waals surface area contributed by atoms with Crippen molar-refractivity contribution in [2.75, 3.05) is 0 Å². The first-order chi connectivity index (χ1) is 32.5. The van der Waals surface area contributed by atoms with Crippen molar-refractivity contribution in [3.8, 4) is 67.0 Å². The molecule has 0 radical (unpaired) electrons. The van der Waals surface area contributed by atoms with Crippen LogP contribution in [-0.4, -0.2) is 9.13 Å². The Morgan fingerprint density at radius 1 is 0.333 bits per heavy atom. The third kappa shape index (κ3) is 6.31. The maximum atomic E-state index is 16.5. The fourth-order valence-electron chi connectivity index (χ4n) is 9.82. The lowest BCUT2D eigenvalue weighted by molar-refractivity contribution is 0.589. The van der Waals surface area contributed by atoms with Gasteiger partial charge in [-0.05, 0) is 87.0 Å². The molecule has 0 unspecified atom stereocenters. The minimum Gasteiger partial charge on any atom is -0.319 e. The number of halogens is 2. The second-order valence-electron chi connectivity index (χ2n) is 16.6. The molecule has 0 amide bonds. The van der Waals surface area contributed by atoms with Crippen LogP contribution in [0.2, 0.25) is 0 Å². The molecule has 2 aromatic heterocycles. The normalized spacial score (nSPS) is 11.5. The predicted molar refractivity (Wildman–Crippen MR) is 268 cm³/mol. The van der Waals surface area contributed by atoms with Crippen molar-refractivity contribution in [2.45, 2.75) is 0 Å². The number of hydrogen-bond donors (Lipinski definition) is 0. The Hall–Kier alpha value is -8.85. The van der Waals surface area contributed by atoms with Gasteiger partial charge in [0.2, 0.25) is 5.69 Å². The Labute approximate surface area is 380 Å². The predicted octanol–water partition coefficient (Wildman–Crippen LogP) is 17.0. The van der Waals surface area contributed by atoms with Gasteiger partial charge in [0.15, 0.2) is 0 Å². The lowest BCUT2D eigenvalue weighted by Crippen LogP contribution is -2.04. The maximum absolute atomic E-state index is 16.5. The van der Waals surface area contributed by atoms with Crippen molar-refractivity contribution < 1.29 is 8.78 Å². The van der Waals surface area contributed by atoms with Crippen LogP contribution in [0.1, 0.15) is 0 Å². The molecule has 0 aliphatic rings. The van der Waals surface area contributed by atoms with E-state index in [0.29, 0.717) is 11.4 Å². The summed E-state index contributed by atoms with van der Waals surface area (Å²) in [5.74, 6) is -1.43. The Balaban J connectivity index is 1.25. The molecular formula is C61H37F2N3. The molecule has 0 aliphatic heterocycles. The number of hydrogen-bond acceptors (Lipinski definition) is 0. The van der Waals surface area contributed by atoms with Gasteiger partial charge in [0, 0.05) is 27.1 Å². The summed E-state index contributed by atoms with van der Waals surface area (Å²) >= 11 is 0. The average molecular weight is 850 g/mol. The molecule has 66 heavy (non-hydrogen) atoms. The zero-order valence-electron chi connectivity index (χ0n) is 35.5. The molecule has 12 rings (SSSR count). The first kappa shape index (κ1) is 38.8. The minimum atomic E-state index is -0.715. The van der Waals surface area contributed by atoms with Crippen LogP contribution >= 0.6 is 0 Å². The van der Waals surface area contributed by atoms with E-state index in [1.165, 1.54) is 18.2 Å². The van der Waals surface area contributed by atoms with Crippen LogP contribution in [0.3, 0.4) is 0 Å². The van der Waals surface area contributed by atoms with Crippen molar-refractivity contribution in [3.05, 3.63) is 248 Å². The van der Waals surface area contributed by atoms with E-state index < -0.39 is 11.6 Å². The van der Waals surface area contributed by atoms with Gasteiger partial charge in [0.25, 0.3) is 0 Å². The van der Waals surface area contributed by atoms with E-state index in [2.05, 4.69) is 135 Å². The highest BCUT2D eigenvalue weighted by atomic mass is 19.1. The molecule has 0 bridgehead atoms. The maximum Gasteiger partial charge on any atom is 0.234 e. The van der Waals surface area contributed by atoms with Gasteiger partial charge in [-0.1, -0.05) is 182 Å². The fourth-order valence-corrected chi connectivity index (χ4v) is 9.82. The Morgan fingerprint density at radius 2 is 0.682 bits per heavy atom. The van der Waals surface area contributed by atoms with Crippen molar-refractivity contribution in [3.63, 3.8) is 0 Å². The van der Waals surface area contributed by atoms with Gasteiger partial charge >= 0.3 is 0 Å². The lowest BCUT2D eigenvalue weighted by Gasteiger charge is -2.21. The number of nitrogens with zero attached hydrogens (tertiary/aromatic N) is 3. The van der Waals surface area contributed by atoms with Crippen LogP contribution in [0.15, 0.2) is 224 Å². The van der Waals surface area contributed by atoms with Crippen molar-refractivity contribution in [1.29, 1.82) is 0 Å². The van der Waals surface area contributed by atoms with Gasteiger partial charge in [-0.15, -0.1) is 0 Å². The topological polar surface area (TPSA) is 14.2 Å². The monoisotopic (exact) mass is 849 g/mol. The summed E-state index contributed by atoms with van der Waals surface area (Å²) in [7, 11) is 0. The van der Waals surface area contributed by atoms with E-state index >= 15 is 8.78 Å². The Kier molecular flexibility index (Phi) is 9.25. The van der Waals surface area contributed by atoms with Crippen LogP contribution < -0.4 is 0 Å². The molecule has 10 aromatic carbocycles. The molecule has 0 fully saturated rings. The van der Waals surface area contributed by atoms with Gasteiger partial charge in [0.05, 0.1) is 45.6 Å². The van der Waals surface area contributed by atoms with E-state index in [1.54, 1.807) is 6.07 Å². The number of fused-ring (bicyclic) bond motifs is 6. The van der Waals surface area contributed by atoms with Crippen molar-refractivity contribution >= 4 is 49.3 Å². The smallest absolute Gasteiger partial charge is 0.234 e. The zero-order chi connectivity index (χ0) is 44.3. The zero-order valence-corrected chi connectivity index (χ0v) is 35.5. The minimum absolute atomic E-state index is 0.197. The molecule has 2 heterocycles. The van der Waals surface area contributed by atoms with E-state index in [0.717, 1.165) is 88.1 Å². The first-order valence-electron chi connectivity index (χ1n) is 21.9. The highest BCUT2D eigenvalue weighted by Gasteiger charge is 2.27. The molecule has 310 valence electrons. The van der Waals surface area contributed by atoms with E-state index in [4.69, 9.17) is 0 Å². The highest BCUT2D eigenvalue weighted by molar-refractivity contribution is 6.14. The van der Waals surface area contributed by atoms with E-state index in [-0.39, 0.29) is 16.8 Å².